The van der Waals surface area contributed by atoms with Gasteiger partial charge in [-0.05, 0) is 44.2 Å². The molecule has 0 spiro atoms. The van der Waals surface area contributed by atoms with Gasteiger partial charge >= 0.3 is 5.97 Å². The number of carbonyl (C=O) groups excluding carboxylic acids is 2. The number of hydrogen-bond acceptors (Lipinski definition) is 6. The zero-order valence-corrected chi connectivity index (χ0v) is 21.8. The molecule has 1 atom stereocenters. The average molecular weight is 516 g/mol. The lowest BCUT2D eigenvalue weighted by molar-refractivity contribution is 0.0403. The Morgan fingerprint density at radius 1 is 1.06 bits per heavy atom. The number of fused-ring (bicyclic) bond motifs is 1. The molecular weight excluding hydrogens is 482 g/mol. The highest BCUT2D eigenvalue weighted by atomic mass is 35.5. The minimum atomic E-state index is -0.677. The van der Waals surface area contributed by atoms with Crippen molar-refractivity contribution in [3.63, 3.8) is 0 Å². The molecule has 1 aromatic heterocycles. The van der Waals surface area contributed by atoms with Gasteiger partial charge in [-0.2, -0.15) is 0 Å². The Morgan fingerprint density at radius 2 is 1.75 bits per heavy atom. The van der Waals surface area contributed by atoms with Crippen LogP contribution in [0, 0.1) is 6.92 Å². The Kier molecular flexibility index (Phi) is 9.37. The molecular formula is C27H34ClN3O5. The standard InChI is InChI=1S/C27H33N3O5.ClH/c1-4-34-27(33)25-19(2)28(3)24-11-10-22(16-23(24)25)35-18-21(31)17-29-12-14-30(15-13-29)26(32)20-8-6-5-7-9-20;/h5-11,16,21,31H,4,12-15,17-18H2,1-3H3;1H. The van der Waals surface area contributed by atoms with E-state index in [4.69, 9.17) is 9.47 Å². The van der Waals surface area contributed by atoms with E-state index in [9.17, 15) is 14.7 Å². The maximum Gasteiger partial charge on any atom is 0.340 e. The third kappa shape index (κ3) is 6.00. The first-order valence-electron chi connectivity index (χ1n) is 12.0. The normalized spacial score (nSPS) is 14.8. The number of aryl methyl sites for hydroxylation is 1. The second-order valence-corrected chi connectivity index (χ2v) is 8.84. The number of amides is 1. The number of aromatic nitrogens is 1. The van der Waals surface area contributed by atoms with Crippen LogP contribution in [0.25, 0.3) is 10.9 Å². The molecule has 1 aliphatic heterocycles. The predicted molar refractivity (Wildman–Crippen MR) is 141 cm³/mol. The highest BCUT2D eigenvalue weighted by molar-refractivity contribution is 6.06. The van der Waals surface area contributed by atoms with Crippen LogP contribution in [0.5, 0.6) is 5.75 Å². The first-order valence-corrected chi connectivity index (χ1v) is 12.0. The largest absolute Gasteiger partial charge is 0.491 e. The van der Waals surface area contributed by atoms with Gasteiger partial charge in [-0.15, -0.1) is 12.4 Å². The third-order valence-corrected chi connectivity index (χ3v) is 6.53. The van der Waals surface area contributed by atoms with Crippen LogP contribution in [-0.4, -0.2) is 83.4 Å². The number of halogens is 1. The number of aliphatic hydroxyl groups is 1. The lowest BCUT2D eigenvalue weighted by Crippen LogP contribution is -2.50. The molecule has 194 valence electrons. The van der Waals surface area contributed by atoms with Crippen molar-refractivity contribution in [1.29, 1.82) is 0 Å². The topological polar surface area (TPSA) is 84.2 Å². The van der Waals surface area contributed by atoms with Gasteiger partial charge in [0, 0.05) is 61.9 Å². The summed E-state index contributed by atoms with van der Waals surface area (Å²) >= 11 is 0. The Bertz CT molecular complexity index is 1190. The van der Waals surface area contributed by atoms with Gasteiger partial charge < -0.3 is 24.0 Å². The summed E-state index contributed by atoms with van der Waals surface area (Å²) in [6, 6.07) is 14.9. The first-order chi connectivity index (χ1) is 16.9. The van der Waals surface area contributed by atoms with Crippen LogP contribution in [0.2, 0.25) is 0 Å². The molecule has 1 N–H and O–H groups in total. The minimum Gasteiger partial charge on any atom is -0.491 e. The molecule has 1 saturated heterocycles. The van der Waals surface area contributed by atoms with Crippen LogP contribution in [0.15, 0.2) is 48.5 Å². The number of piperazine rings is 1. The van der Waals surface area contributed by atoms with Crippen molar-refractivity contribution < 1.29 is 24.2 Å². The number of ether oxygens (including phenoxy) is 2. The van der Waals surface area contributed by atoms with E-state index in [1.807, 2.05) is 72.0 Å². The molecule has 2 aromatic carbocycles. The van der Waals surface area contributed by atoms with Crippen LogP contribution in [0.4, 0.5) is 0 Å². The van der Waals surface area contributed by atoms with Gasteiger partial charge in [0.25, 0.3) is 5.91 Å². The molecule has 0 aliphatic carbocycles. The number of β-amino-alcohol motifs (C(OH)–C–C–N with tert-alkyl or cyclic N) is 1. The van der Waals surface area contributed by atoms with E-state index < -0.39 is 6.10 Å². The molecule has 1 amide bonds. The zero-order valence-electron chi connectivity index (χ0n) is 21.0. The molecule has 0 saturated carbocycles. The maximum absolute atomic E-state index is 12.6. The van der Waals surface area contributed by atoms with E-state index in [1.54, 1.807) is 6.92 Å². The van der Waals surface area contributed by atoms with E-state index in [0.717, 1.165) is 16.6 Å². The van der Waals surface area contributed by atoms with Gasteiger partial charge in [0.05, 0.1) is 12.2 Å². The third-order valence-electron chi connectivity index (χ3n) is 6.53. The lowest BCUT2D eigenvalue weighted by atomic mass is 10.1. The summed E-state index contributed by atoms with van der Waals surface area (Å²) < 4.78 is 13.1. The summed E-state index contributed by atoms with van der Waals surface area (Å²) in [5.74, 6) is 0.284. The van der Waals surface area contributed by atoms with Crippen LogP contribution >= 0.6 is 12.4 Å². The fourth-order valence-corrected chi connectivity index (χ4v) is 4.54. The number of nitrogens with zero attached hydrogens (tertiary/aromatic N) is 3. The molecule has 0 bridgehead atoms. The van der Waals surface area contributed by atoms with Crippen molar-refractivity contribution in [3.05, 3.63) is 65.4 Å². The van der Waals surface area contributed by atoms with Crippen molar-refractivity contribution in [2.75, 3.05) is 45.9 Å². The number of aliphatic hydroxyl groups excluding tert-OH is 1. The number of esters is 1. The van der Waals surface area contributed by atoms with Gasteiger partial charge in [-0.1, -0.05) is 18.2 Å². The molecule has 0 radical (unpaired) electrons. The monoisotopic (exact) mass is 515 g/mol. The molecule has 2 heterocycles. The van der Waals surface area contributed by atoms with Gasteiger partial charge in [0.15, 0.2) is 0 Å². The van der Waals surface area contributed by atoms with Crippen LogP contribution in [-0.2, 0) is 11.8 Å². The van der Waals surface area contributed by atoms with E-state index in [0.29, 0.717) is 56.2 Å². The average Bonchev–Trinajstić information content (AvgIpc) is 3.12. The fraction of sp³-hybridized carbons (Fsp3) is 0.407. The molecule has 36 heavy (non-hydrogen) atoms. The molecule has 4 rings (SSSR count). The smallest absolute Gasteiger partial charge is 0.340 e. The van der Waals surface area contributed by atoms with Crippen molar-refractivity contribution in [2.24, 2.45) is 7.05 Å². The van der Waals surface area contributed by atoms with Gasteiger partial charge in [0.1, 0.15) is 18.5 Å². The van der Waals surface area contributed by atoms with Crippen molar-refractivity contribution in [1.82, 2.24) is 14.4 Å². The second-order valence-electron chi connectivity index (χ2n) is 8.84. The first kappa shape index (κ1) is 27.5. The highest BCUT2D eigenvalue weighted by Crippen LogP contribution is 2.29. The molecule has 1 aliphatic rings. The Morgan fingerprint density at radius 3 is 2.42 bits per heavy atom. The maximum atomic E-state index is 12.6. The molecule has 8 nitrogen and oxygen atoms in total. The summed E-state index contributed by atoms with van der Waals surface area (Å²) in [7, 11) is 1.91. The fourth-order valence-electron chi connectivity index (χ4n) is 4.54. The summed E-state index contributed by atoms with van der Waals surface area (Å²) in [5, 5.41) is 11.3. The zero-order chi connectivity index (χ0) is 24.9. The number of rotatable bonds is 8. The Labute approximate surface area is 217 Å². The Balaban J connectivity index is 0.00000361. The van der Waals surface area contributed by atoms with E-state index in [1.165, 1.54) is 0 Å². The number of benzene rings is 2. The summed E-state index contributed by atoms with van der Waals surface area (Å²) in [5.41, 5.74) is 2.99. The quantitative estimate of drug-likeness (QED) is 0.463. The van der Waals surface area contributed by atoms with Crippen LogP contribution < -0.4 is 4.74 Å². The molecule has 1 unspecified atom stereocenters. The van der Waals surface area contributed by atoms with Crippen molar-refractivity contribution in [3.8, 4) is 5.75 Å². The lowest BCUT2D eigenvalue weighted by Gasteiger charge is -2.35. The van der Waals surface area contributed by atoms with Gasteiger partial charge in [-0.3, -0.25) is 9.69 Å². The Hall–Kier alpha value is -3.07. The summed E-state index contributed by atoms with van der Waals surface area (Å²) in [4.78, 5) is 29.1. The van der Waals surface area contributed by atoms with Crippen molar-refractivity contribution in [2.45, 2.75) is 20.0 Å². The van der Waals surface area contributed by atoms with E-state index in [-0.39, 0.29) is 30.9 Å². The number of carbonyl (C=O) groups is 2. The van der Waals surface area contributed by atoms with Crippen LogP contribution in [0.1, 0.15) is 33.3 Å². The second kappa shape index (κ2) is 12.3. The molecule has 9 heteroatoms. The van der Waals surface area contributed by atoms with E-state index >= 15 is 0 Å². The van der Waals surface area contributed by atoms with Crippen LogP contribution in [0.3, 0.4) is 0 Å². The van der Waals surface area contributed by atoms with Gasteiger partial charge in [-0.25, -0.2) is 4.79 Å². The minimum absolute atomic E-state index is 0. The van der Waals surface area contributed by atoms with Crippen molar-refractivity contribution >= 4 is 35.2 Å². The SMILES string of the molecule is CCOC(=O)c1c(C)n(C)c2ccc(OCC(O)CN3CCN(C(=O)c4ccccc4)CC3)cc12.Cl. The highest BCUT2D eigenvalue weighted by Gasteiger charge is 2.24. The predicted octanol–water partition coefficient (Wildman–Crippen LogP) is 3.28. The van der Waals surface area contributed by atoms with Gasteiger partial charge in [0.2, 0.25) is 0 Å². The molecule has 3 aromatic rings. The molecule has 1 fully saturated rings. The summed E-state index contributed by atoms with van der Waals surface area (Å²) in [6.45, 7) is 7.25. The van der Waals surface area contributed by atoms with E-state index in [2.05, 4.69) is 4.90 Å². The number of hydrogen-bond donors (Lipinski definition) is 1. The summed E-state index contributed by atoms with van der Waals surface area (Å²) in [6.07, 6.45) is -0.677.